The molecule has 3 N–H and O–H groups in total. The minimum atomic E-state index is -0.297. The molecular weight excluding hydrogens is 234 g/mol. The maximum Gasteiger partial charge on any atom is 0.271 e. The fraction of sp³-hybridized carbons (Fsp3) is 0.455. The van der Waals surface area contributed by atoms with E-state index in [1.807, 2.05) is 6.92 Å². The average Bonchev–Trinajstić information content (AvgIpc) is 2.42. The predicted octanol–water partition coefficient (Wildman–Crippen LogP) is -0.226. The largest absolute Gasteiger partial charge is 0.360 e. The standard InChI is InChI=1S/C11H17N5O2/c1-3-6-13-10(17)7-14-9-5-4-8(15-16-9)11(18)12-2/h4-5H,3,6-7H2,1-2H3,(H,12,18)(H,13,17)(H,14,16). The summed E-state index contributed by atoms with van der Waals surface area (Å²) >= 11 is 0. The maximum atomic E-state index is 11.3. The molecule has 1 aromatic rings. The van der Waals surface area contributed by atoms with Gasteiger partial charge in [-0.25, -0.2) is 0 Å². The lowest BCUT2D eigenvalue weighted by atomic mass is 10.3. The smallest absolute Gasteiger partial charge is 0.271 e. The molecule has 1 aromatic heterocycles. The number of hydrogen-bond donors (Lipinski definition) is 3. The fourth-order valence-electron chi connectivity index (χ4n) is 1.17. The van der Waals surface area contributed by atoms with E-state index in [9.17, 15) is 9.59 Å². The van der Waals surface area contributed by atoms with E-state index in [0.29, 0.717) is 12.4 Å². The van der Waals surface area contributed by atoms with Crippen LogP contribution in [0.2, 0.25) is 0 Å². The Morgan fingerprint density at radius 3 is 2.61 bits per heavy atom. The van der Waals surface area contributed by atoms with Crippen LogP contribution in [-0.2, 0) is 4.79 Å². The van der Waals surface area contributed by atoms with E-state index in [1.54, 1.807) is 6.07 Å². The normalized spacial score (nSPS) is 9.67. The first kappa shape index (κ1) is 13.9. The Balaban J connectivity index is 2.44. The predicted molar refractivity (Wildman–Crippen MR) is 67.2 cm³/mol. The van der Waals surface area contributed by atoms with Gasteiger partial charge in [0, 0.05) is 13.6 Å². The van der Waals surface area contributed by atoms with Crippen LogP contribution < -0.4 is 16.0 Å². The molecule has 0 fully saturated rings. The molecule has 18 heavy (non-hydrogen) atoms. The zero-order valence-corrected chi connectivity index (χ0v) is 10.5. The molecule has 0 saturated heterocycles. The van der Waals surface area contributed by atoms with Crippen molar-refractivity contribution in [3.63, 3.8) is 0 Å². The van der Waals surface area contributed by atoms with Crippen LogP contribution in [0.15, 0.2) is 12.1 Å². The monoisotopic (exact) mass is 251 g/mol. The van der Waals surface area contributed by atoms with E-state index >= 15 is 0 Å². The van der Waals surface area contributed by atoms with Crippen molar-refractivity contribution in [2.24, 2.45) is 0 Å². The highest BCUT2D eigenvalue weighted by Crippen LogP contribution is 2.01. The van der Waals surface area contributed by atoms with Crippen molar-refractivity contribution in [3.05, 3.63) is 17.8 Å². The van der Waals surface area contributed by atoms with Crippen LogP contribution in [0.3, 0.4) is 0 Å². The van der Waals surface area contributed by atoms with E-state index in [-0.39, 0.29) is 24.1 Å². The SMILES string of the molecule is CCCNC(=O)CNc1ccc(C(=O)NC)nn1. The van der Waals surface area contributed by atoms with Crippen LogP contribution in [0, 0.1) is 0 Å². The molecular formula is C11H17N5O2. The Morgan fingerprint density at radius 2 is 2.06 bits per heavy atom. The van der Waals surface area contributed by atoms with Crippen molar-refractivity contribution in [2.45, 2.75) is 13.3 Å². The van der Waals surface area contributed by atoms with Gasteiger partial charge in [0.25, 0.3) is 5.91 Å². The summed E-state index contributed by atoms with van der Waals surface area (Å²) in [6.45, 7) is 2.77. The second-order valence-electron chi connectivity index (χ2n) is 3.59. The summed E-state index contributed by atoms with van der Waals surface area (Å²) in [6, 6.07) is 3.14. The Morgan fingerprint density at radius 1 is 1.28 bits per heavy atom. The molecule has 98 valence electrons. The summed E-state index contributed by atoms with van der Waals surface area (Å²) in [5, 5.41) is 15.5. The third-order valence-electron chi connectivity index (χ3n) is 2.13. The van der Waals surface area contributed by atoms with Gasteiger partial charge in [0.15, 0.2) is 5.69 Å². The lowest BCUT2D eigenvalue weighted by molar-refractivity contribution is -0.119. The van der Waals surface area contributed by atoms with Crippen LogP contribution >= 0.6 is 0 Å². The van der Waals surface area contributed by atoms with E-state index in [2.05, 4.69) is 26.1 Å². The quantitative estimate of drug-likeness (QED) is 0.649. The summed E-state index contributed by atoms with van der Waals surface area (Å²) in [5.74, 6) is 0.0538. The van der Waals surface area contributed by atoms with Crippen LogP contribution in [0.5, 0.6) is 0 Å². The first-order chi connectivity index (χ1) is 8.67. The lowest BCUT2D eigenvalue weighted by Crippen LogP contribution is -2.30. The zero-order valence-electron chi connectivity index (χ0n) is 10.5. The summed E-state index contributed by atoms with van der Waals surface area (Å²) in [7, 11) is 1.52. The van der Waals surface area contributed by atoms with Gasteiger partial charge in [-0.3, -0.25) is 9.59 Å². The molecule has 0 saturated carbocycles. The van der Waals surface area contributed by atoms with E-state index < -0.39 is 0 Å². The van der Waals surface area contributed by atoms with Crippen molar-refractivity contribution >= 4 is 17.6 Å². The maximum absolute atomic E-state index is 11.3. The van der Waals surface area contributed by atoms with E-state index in [4.69, 9.17) is 0 Å². The minimum Gasteiger partial charge on any atom is -0.360 e. The van der Waals surface area contributed by atoms with Gasteiger partial charge in [-0.1, -0.05) is 6.92 Å². The van der Waals surface area contributed by atoms with Crippen LogP contribution in [-0.4, -0.2) is 42.1 Å². The molecule has 0 spiro atoms. The van der Waals surface area contributed by atoms with E-state index in [1.165, 1.54) is 13.1 Å². The molecule has 1 rings (SSSR count). The van der Waals surface area contributed by atoms with Crippen LogP contribution in [0.4, 0.5) is 5.82 Å². The van der Waals surface area contributed by atoms with Crippen molar-refractivity contribution in [1.82, 2.24) is 20.8 Å². The number of carbonyl (C=O) groups is 2. The molecule has 7 nitrogen and oxygen atoms in total. The molecule has 0 aromatic carbocycles. The number of nitrogens with one attached hydrogen (secondary N) is 3. The molecule has 0 aliphatic carbocycles. The van der Waals surface area contributed by atoms with Gasteiger partial charge in [-0.15, -0.1) is 10.2 Å². The summed E-state index contributed by atoms with van der Waals surface area (Å²) in [4.78, 5) is 22.5. The van der Waals surface area contributed by atoms with Crippen LogP contribution in [0.1, 0.15) is 23.8 Å². The molecule has 0 radical (unpaired) electrons. The topological polar surface area (TPSA) is 96.0 Å². The van der Waals surface area contributed by atoms with Crippen molar-refractivity contribution in [3.8, 4) is 0 Å². The van der Waals surface area contributed by atoms with Crippen molar-refractivity contribution in [2.75, 3.05) is 25.5 Å². The average molecular weight is 251 g/mol. The van der Waals surface area contributed by atoms with Gasteiger partial charge in [-0.05, 0) is 18.6 Å². The van der Waals surface area contributed by atoms with Gasteiger partial charge in [-0.2, -0.15) is 0 Å². The van der Waals surface area contributed by atoms with Gasteiger partial charge in [0.2, 0.25) is 5.91 Å². The van der Waals surface area contributed by atoms with Crippen LogP contribution in [0.25, 0.3) is 0 Å². The number of carbonyl (C=O) groups excluding carboxylic acids is 2. The van der Waals surface area contributed by atoms with Gasteiger partial charge < -0.3 is 16.0 Å². The summed E-state index contributed by atoms with van der Waals surface area (Å²) < 4.78 is 0. The molecule has 0 aliphatic rings. The first-order valence-corrected chi connectivity index (χ1v) is 5.73. The highest BCUT2D eigenvalue weighted by Gasteiger charge is 2.06. The summed E-state index contributed by atoms with van der Waals surface area (Å²) in [6.07, 6.45) is 0.895. The Labute approximate surface area is 105 Å². The molecule has 0 bridgehead atoms. The van der Waals surface area contributed by atoms with Gasteiger partial charge in [0.05, 0.1) is 6.54 Å². The zero-order chi connectivity index (χ0) is 13.4. The second-order valence-corrected chi connectivity index (χ2v) is 3.59. The first-order valence-electron chi connectivity index (χ1n) is 5.73. The number of rotatable bonds is 6. The highest BCUT2D eigenvalue weighted by atomic mass is 16.2. The van der Waals surface area contributed by atoms with Gasteiger partial charge >= 0.3 is 0 Å². The molecule has 7 heteroatoms. The highest BCUT2D eigenvalue weighted by molar-refractivity contribution is 5.91. The number of nitrogens with zero attached hydrogens (tertiary/aromatic N) is 2. The Kier molecular flexibility index (Phi) is 5.56. The van der Waals surface area contributed by atoms with E-state index in [0.717, 1.165) is 6.42 Å². The van der Waals surface area contributed by atoms with Crippen molar-refractivity contribution < 1.29 is 9.59 Å². The lowest BCUT2D eigenvalue weighted by Gasteiger charge is -2.06. The number of amides is 2. The number of aromatic nitrogens is 2. The number of anilines is 1. The number of hydrogen-bond acceptors (Lipinski definition) is 5. The molecule has 0 unspecified atom stereocenters. The molecule has 0 aliphatic heterocycles. The molecule has 1 heterocycles. The van der Waals surface area contributed by atoms with Crippen molar-refractivity contribution in [1.29, 1.82) is 0 Å². The Bertz CT molecular complexity index is 404. The molecule has 2 amide bonds. The third-order valence-corrected chi connectivity index (χ3v) is 2.13. The summed E-state index contributed by atoms with van der Waals surface area (Å²) in [5.41, 5.74) is 0.235. The third kappa shape index (κ3) is 4.36. The minimum absolute atomic E-state index is 0.103. The second kappa shape index (κ2) is 7.21. The Hall–Kier alpha value is -2.18. The molecule has 0 atom stereocenters. The van der Waals surface area contributed by atoms with Gasteiger partial charge in [0.1, 0.15) is 5.82 Å². The fourth-order valence-corrected chi connectivity index (χ4v) is 1.17.